The molecule has 0 saturated carbocycles. The van der Waals surface area contributed by atoms with Gasteiger partial charge < -0.3 is 10.1 Å². The Bertz CT molecular complexity index is 1330. The standard InChI is InChI=1S/C24H24FN7O/c1-15-24(29-30-32(15)20-7-9-27-10-8-20)18-11-22-28-14-21(13-26)31(22)23(12-18)33-16(2)17-3-5-19(25)6-4-17/h3-6,11-12,14,16,20,27H,7-10H2,1-2H3/t16-/m1/s1. The number of fused-ring (bicyclic) bond motifs is 1. The van der Waals surface area contributed by atoms with Gasteiger partial charge in [-0.2, -0.15) is 5.26 Å². The van der Waals surface area contributed by atoms with Crippen molar-refractivity contribution < 1.29 is 9.13 Å². The molecular formula is C24H24FN7O. The third kappa shape index (κ3) is 3.94. The number of imidazole rings is 1. The molecule has 1 fully saturated rings. The first-order valence-electron chi connectivity index (χ1n) is 11.0. The van der Waals surface area contributed by atoms with E-state index in [4.69, 9.17) is 4.74 Å². The topological polar surface area (TPSA) is 93.1 Å². The van der Waals surface area contributed by atoms with Crippen LogP contribution in [0.5, 0.6) is 5.88 Å². The monoisotopic (exact) mass is 445 g/mol. The Morgan fingerprint density at radius 1 is 1.21 bits per heavy atom. The fraction of sp³-hybridized carbons (Fsp3) is 0.333. The highest BCUT2D eigenvalue weighted by molar-refractivity contribution is 5.68. The quantitative estimate of drug-likeness (QED) is 0.500. The lowest BCUT2D eigenvalue weighted by molar-refractivity contribution is 0.214. The first kappa shape index (κ1) is 21.1. The minimum atomic E-state index is -0.371. The molecule has 1 aliphatic rings. The van der Waals surface area contributed by atoms with Gasteiger partial charge in [0.05, 0.1) is 17.9 Å². The van der Waals surface area contributed by atoms with E-state index in [1.807, 2.05) is 30.7 Å². The van der Waals surface area contributed by atoms with E-state index < -0.39 is 0 Å². The second-order valence-corrected chi connectivity index (χ2v) is 8.29. The first-order valence-corrected chi connectivity index (χ1v) is 11.0. The maximum absolute atomic E-state index is 13.3. The molecule has 1 N–H and O–H groups in total. The van der Waals surface area contributed by atoms with Crippen LogP contribution in [0.2, 0.25) is 0 Å². The van der Waals surface area contributed by atoms with E-state index in [-0.39, 0.29) is 11.9 Å². The van der Waals surface area contributed by atoms with Crippen LogP contribution in [-0.2, 0) is 0 Å². The third-order valence-corrected chi connectivity index (χ3v) is 6.18. The van der Waals surface area contributed by atoms with Crippen molar-refractivity contribution >= 4 is 5.65 Å². The van der Waals surface area contributed by atoms with Gasteiger partial charge >= 0.3 is 0 Å². The summed E-state index contributed by atoms with van der Waals surface area (Å²) in [6.07, 6.45) is 3.17. The average Bonchev–Trinajstić information content (AvgIpc) is 3.43. The first-order chi connectivity index (χ1) is 16.0. The van der Waals surface area contributed by atoms with Gasteiger partial charge in [0.1, 0.15) is 35.0 Å². The molecule has 1 atom stereocenters. The minimum absolute atomic E-state index is 0.302. The van der Waals surface area contributed by atoms with Crippen molar-refractivity contribution in [2.75, 3.05) is 13.1 Å². The molecule has 8 nitrogen and oxygen atoms in total. The molecule has 4 heterocycles. The molecule has 0 bridgehead atoms. The van der Waals surface area contributed by atoms with Gasteiger partial charge in [-0.25, -0.2) is 14.1 Å². The lowest BCUT2D eigenvalue weighted by Gasteiger charge is -2.23. The molecule has 168 valence electrons. The summed E-state index contributed by atoms with van der Waals surface area (Å²) < 4.78 is 23.3. The van der Waals surface area contributed by atoms with Crippen molar-refractivity contribution in [2.45, 2.75) is 38.8 Å². The molecule has 1 aromatic carbocycles. The zero-order valence-corrected chi connectivity index (χ0v) is 18.5. The summed E-state index contributed by atoms with van der Waals surface area (Å²) in [6, 6.07) is 12.4. The number of nitrogens with zero attached hydrogens (tertiary/aromatic N) is 6. The minimum Gasteiger partial charge on any atom is -0.471 e. The SMILES string of the molecule is Cc1c(-c2cc(O[C@H](C)c3ccc(F)cc3)n3c(C#N)cnc3c2)nnn1C1CCNCC1. The molecule has 4 aromatic rings. The normalized spacial score (nSPS) is 15.5. The fourth-order valence-electron chi connectivity index (χ4n) is 4.37. The maximum Gasteiger partial charge on any atom is 0.201 e. The summed E-state index contributed by atoms with van der Waals surface area (Å²) in [5, 5.41) is 21.9. The van der Waals surface area contributed by atoms with Crippen LogP contribution >= 0.6 is 0 Å². The van der Waals surface area contributed by atoms with Gasteiger partial charge in [-0.1, -0.05) is 17.3 Å². The van der Waals surface area contributed by atoms with E-state index in [0.717, 1.165) is 48.4 Å². The second-order valence-electron chi connectivity index (χ2n) is 8.29. The largest absolute Gasteiger partial charge is 0.471 e. The molecule has 9 heteroatoms. The zero-order valence-electron chi connectivity index (χ0n) is 18.5. The number of nitrogens with one attached hydrogen (secondary N) is 1. The molecule has 0 amide bonds. The highest BCUT2D eigenvalue weighted by Crippen LogP contribution is 2.32. The molecule has 1 aliphatic heterocycles. The number of nitriles is 1. The Kier molecular flexibility index (Phi) is 5.52. The van der Waals surface area contributed by atoms with Crippen molar-refractivity contribution in [3.05, 3.63) is 65.4 Å². The van der Waals surface area contributed by atoms with Gasteiger partial charge in [-0.3, -0.25) is 4.40 Å². The van der Waals surface area contributed by atoms with E-state index >= 15 is 0 Å². The average molecular weight is 446 g/mol. The van der Waals surface area contributed by atoms with E-state index in [1.54, 1.807) is 16.5 Å². The molecular weight excluding hydrogens is 421 g/mol. The van der Waals surface area contributed by atoms with Crippen molar-refractivity contribution in [2.24, 2.45) is 0 Å². The highest BCUT2D eigenvalue weighted by Gasteiger charge is 2.22. The van der Waals surface area contributed by atoms with Crippen molar-refractivity contribution in [1.29, 1.82) is 5.26 Å². The molecule has 5 rings (SSSR count). The van der Waals surface area contributed by atoms with Gasteiger partial charge in [-0.05, 0) is 63.5 Å². The molecule has 1 saturated heterocycles. The van der Waals surface area contributed by atoms with Crippen molar-refractivity contribution in [3.63, 3.8) is 0 Å². The smallest absolute Gasteiger partial charge is 0.201 e. The van der Waals surface area contributed by atoms with Crippen LogP contribution in [-0.4, -0.2) is 37.5 Å². The number of pyridine rings is 1. The van der Waals surface area contributed by atoms with Crippen LogP contribution in [0.15, 0.2) is 42.6 Å². The summed E-state index contributed by atoms with van der Waals surface area (Å²) in [5.41, 5.74) is 4.33. The number of halogens is 1. The summed E-state index contributed by atoms with van der Waals surface area (Å²) in [7, 11) is 0. The van der Waals surface area contributed by atoms with Crippen molar-refractivity contribution in [3.8, 4) is 23.2 Å². The number of piperidine rings is 1. The van der Waals surface area contributed by atoms with E-state index in [0.29, 0.717) is 23.3 Å². The molecule has 33 heavy (non-hydrogen) atoms. The number of rotatable bonds is 5. The van der Waals surface area contributed by atoms with Gasteiger partial charge in [-0.15, -0.1) is 5.10 Å². The summed E-state index contributed by atoms with van der Waals surface area (Å²) >= 11 is 0. The molecule has 0 unspecified atom stereocenters. The number of ether oxygens (including phenoxy) is 1. The lowest BCUT2D eigenvalue weighted by atomic mass is 10.1. The number of hydrogen-bond acceptors (Lipinski definition) is 6. The second kappa shape index (κ2) is 8.64. The van der Waals surface area contributed by atoms with Crippen LogP contribution in [0, 0.1) is 24.1 Å². The molecule has 0 radical (unpaired) electrons. The van der Waals surface area contributed by atoms with Crippen LogP contribution in [0.4, 0.5) is 4.39 Å². The Balaban J connectivity index is 1.55. The maximum atomic E-state index is 13.3. The molecule has 0 aliphatic carbocycles. The Labute approximate surface area is 190 Å². The molecule has 0 spiro atoms. The summed E-state index contributed by atoms with van der Waals surface area (Å²) in [6.45, 7) is 5.84. The van der Waals surface area contributed by atoms with E-state index in [9.17, 15) is 9.65 Å². The van der Waals surface area contributed by atoms with E-state index in [1.165, 1.54) is 18.3 Å². The van der Waals surface area contributed by atoms with Crippen molar-refractivity contribution in [1.82, 2.24) is 29.7 Å². The number of benzene rings is 1. The Morgan fingerprint density at radius 3 is 2.70 bits per heavy atom. The highest BCUT2D eigenvalue weighted by atomic mass is 19.1. The number of hydrogen-bond donors (Lipinski definition) is 1. The lowest BCUT2D eigenvalue weighted by Crippen LogP contribution is -2.30. The fourth-order valence-corrected chi connectivity index (χ4v) is 4.37. The number of aromatic nitrogens is 5. The van der Waals surface area contributed by atoms with Gasteiger partial charge in [0.2, 0.25) is 5.88 Å². The van der Waals surface area contributed by atoms with Crippen LogP contribution in [0.3, 0.4) is 0 Å². The third-order valence-electron chi connectivity index (χ3n) is 6.18. The van der Waals surface area contributed by atoms with Gasteiger partial charge in [0.25, 0.3) is 0 Å². The van der Waals surface area contributed by atoms with Crippen LogP contribution in [0.1, 0.15) is 48.9 Å². The Hall–Kier alpha value is -3.77. The van der Waals surface area contributed by atoms with Crippen LogP contribution in [0.25, 0.3) is 16.9 Å². The van der Waals surface area contributed by atoms with Crippen LogP contribution < -0.4 is 10.1 Å². The van der Waals surface area contributed by atoms with Gasteiger partial charge in [0, 0.05) is 11.6 Å². The summed E-state index contributed by atoms with van der Waals surface area (Å²) in [5.74, 6) is 0.160. The predicted octanol–water partition coefficient (Wildman–Crippen LogP) is 3.98. The predicted molar refractivity (Wildman–Crippen MR) is 120 cm³/mol. The summed E-state index contributed by atoms with van der Waals surface area (Å²) in [4.78, 5) is 4.40. The van der Waals surface area contributed by atoms with Gasteiger partial charge in [0.15, 0.2) is 0 Å². The Morgan fingerprint density at radius 2 is 1.97 bits per heavy atom. The zero-order chi connectivity index (χ0) is 22.9. The molecule has 3 aromatic heterocycles. The van der Waals surface area contributed by atoms with E-state index in [2.05, 4.69) is 26.7 Å².